The third kappa shape index (κ3) is 2.78. The molecule has 10 nitrogen and oxygen atoms in total. The number of aromatic nitrogens is 2. The third-order valence-corrected chi connectivity index (χ3v) is 6.94. The molecule has 3 aliphatic heterocycles. The molecule has 0 aliphatic carbocycles. The molecule has 2 saturated heterocycles. The van der Waals surface area contributed by atoms with Gasteiger partial charge >= 0.3 is 6.03 Å². The zero-order valence-corrected chi connectivity index (χ0v) is 15.8. The molecule has 0 spiro atoms. The first-order chi connectivity index (χ1) is 13.5. The Morgan fingerprint density at radius 2 is 1.93 bits per heavy atom. The van der Waals surface area contributed by atoms with Gasteiger partial charge in [-0.2, -0.15) is 9.40 Å². The predicted molar refractivity (Wildman–Crippen MR) is 98.2 cm³/mol. The Morgan fingerprint density at radius 1 is 1.14 bits per heavy atom. The highest BCUT2D eigenvalue weighted by Crippen LogP contribution is 2.35. The summed E-state index contributed by atoms with van der Waals surface area (Å²) in [7, 11) is -3.61. The summed E-state index contributed by atoms with van der Waals surface area (Å²) in [6.45, 7) is 2.71. The number of urea groups is 1. The number of carbonyl (C=O) groups is 1. The fourth-order valence-corrected chi connectivity index (χ4v) is 5.03. The Balaban J connectivity index is 1.29. The monoisotopic (exact) mass is 405 g/mol. The van der Waals surface area contributed by atoms with Gasteiger partial charge in [0.2, 0.25) is 10.0 Å². The molecule has 148 valence electrons. The van der Waals surface area contributed by atoms with E-state index in [0.717, 1.165) is 0 Å². The number of amides is 2. The summed E-state index contributed by atoms with van der Waals surface area (Å²) >= 11 is 0. The Kier molecular flexibility index (Phi) is 3.95. The fraction of sp³-hybridized carbons (Fsp3) is 0.412. The molecule has 0 radical (unpaired) electrons. The van der Waals surface area contributed by atoms with E-state index in [0.29, 0.717) is 56.6 Å². The molecular weight excluding hydrogens is 386 g/mol. The number of rotatable bonds is 4. The highest BCUT2D eigenvalue weighted by molar-refractivity contribution is 7.89. The second-order valence-electron chi connectivity index (χ2n) is 6.84. The summed E-state index contributed by atoms with van der Waals surface area (Å²) in [4.78, 5) is 13.6. The maximum atomic E-state index is 12.9. The van der Waals surface area contributed by atoms with Crippen LogP contribution in [0, 0.1) is 0 Å². The van der Waals surface area contributed by atoms with Crippen molar-refractivity contribution in [3.8, 4) is 11.5 Å². The number of hydrogen-bond acceptors (Lipinski definition) is 6. The maximum absolute atomic E-state index is 12.9. The van der Waals surface area contributed by atoms with E-state index in [2.05, 4.69) is 10.4 Å². The van der Waals surface area contributed by atoms with E-state index in [9.17, 15) is 13.2 Å². The lowest BCUT2D eigenvalue weighted by Crippen LogP contribution is -2.50. The summed E-state index contributed by atoms with van der Waals surface area (Å²) in [5.41, 5.74) is 0.711. The lowest BCUT2D eigenvalue weighted by Gasteiger charge is -2.38. The smallest absolute Gasteiger partial charge is 0.322 e. The van der Waals surface area contributed by atoms with E-state index in [4.69, 9.17) is 9.47 Å². The molecule has 3 aliphatic rings. The van der Waals surface area contributed by atoms with Gasteiger partial charge in [-0.1, -0.05) is 0 Å². The molecule has 1 N–H and O–H groups in total. The Hall–Kier alpha value is -2.79. The number of ether oxygens (including phenoxy) is 2. The summed E-state index contributed by atoms with van der Waals surface area (Å²) < 4.78 is 39.8. The number of carbonyl (C=O) groups excluding carboxylic acids is 1. The molecular formula is C17H19N5O5S. The number of sulfonamides is 1. The largest absolute Gasteiger partial charge is 0.486 e. The molecule has 4 heterocycles. The Morgan fingerprint density at radius 3 is 2.68 bits per heavy atom. The van der Waals surface area contributed by atoms with Crippen LogP contribution in [-0.4, -0.2) is 67.9 Å². The van der Waals surface area contributed by atoms with Crippen LogP contribution in [-0.2, 0) is 10.0 Å². The quantitative estimate of drug-likeness (QED) is 0.791. The molecule has 1 aromatic carbocycles. The Labute approximate surface area is 161 Å². The molecule has 11 heteroatoms. The molecule has 0 unspecified atom stereocenters. The number of fused-ring (bicyclic) bond motifs is 1. The molecule has 5 rings (SSSR count). The van der Waals surface area contributed by atoms with E-state index in [1.807, 2.05) is 0 Å². The van der Waals surface area contributed by atoms with Crippen molar-refractivity contribution in [2.75, 3.05) is 44.3 Å². The van der Waals surface area contributed by atoms with E-state index >= 15 is 0 Å². The summed E-state index contributed by atoms with van der Waals surface area (Å²) in [6.07, 6.45) is 3.41. The average Bonchev–Trinajstić information content (AvgIpc) is 3.29. The van der Waals surface area contributed by atoms with Gasteiger partial charge < -0.3 is 14.8 Å². The molecule has 2 aromatic rings. The first kappa shape index (κ1) is 17.3. The minimum atomic E-state index is -3.61. The van der Waals surface area contributed by atoms with Crippen LogP contribution in [0.3, 0.4) is 0 Å². The highest BCUT2D eigenvalue weighted by Gasteiger charge is 2.39. The molecule has 28 heavy (non-hydrogen) atoms. The Bertz CT molecular complexity index is 1030. The van der Waals surface area contributed by atoms with Gasteiger partial charge in [0, 0.05) is 38.4 Å². The number of anilines is 1. The van der Waals surface area contributed by atoms with Gasteiger partial charge in [-0.15, -0.1) is 0 Å². The zero-order valence-electron chi connectivity index (χ0n) is 14.9. The van der Waals surface area contributed by atoms with E-state index < -0.39 is 10.0 Å². The molecule has 0 saturated carbocycles. The van der Waals surface area contributed by atoms with E-state index in [1.165, 1.54) is 16.4 Å². The van der Waals surface area contributed by atoms with Crippen molar-refractivity contribution in [2.24, 2.45) is 0 Å². The van der Waals surface area contributed by atoms with Crippen LogP contribution in [0.25, 0.3) is 0 Å². The van der Waals surface area contributed by atoms with Gasteiger partial charge in [0.1, 0.15) is 13.2 Å². The van der Waals surface area contributed by atoms with Crippen molar-refractivity contribution < 1.29 is 22.7 Å². The van der Waals surface area contributed by atoms with E-state index in [1.54, 1.807) is 28.0 Å². The van der Waals surface area contributed by atoms with Gasteiger partial charge in [-0.25, -0.2) is 13.2 Å². The molecule has 0 bridgehead atoms. The van der Waals surface area contributed by atoms with Crippen molar-refractivity contribution >= 4 is 21.7 Å². The molecule has 2 fully saturated rings. The van der Waals surface area contributed by atoms with Gasteiger partial charge in [0.25, 0.3) is 0 Å². The van der Waals surface area contributed by atoms with Crippen molar-refractivity contribution in [3.63, 3.8) is 0 Å². The van der Waals surface area contributed by atoms with Crippen molar-refractivity contribution in [1.82, 2.24) is 19.4 Å². The van der Waals surface area contributed by atoms with Crippen molar-refractivity contribution in [2.45, 2.75) is 10.9 Å². The summed E-state index contributed by atoms with van der Waals surface area (Å²) in [5.74, 6) is 1.01. The standard InChI is InChI=1S/C17H19N5O5S/c23-17-18-3-4-21(17)12-8-19-22(11-12)13-9-20(10-13)28(24,25)14-1-2-15-16(7-14)27-6-5-26-15/h1-2,7-8,11,13H,3-6,9-10H2,(H,18,23). The highest BCUT2D eigenvalue weighted by atomic mass is 32.2. The molecule has 1 aromatic heterocycles. The fourth-order valence-electron chi connectivity index (χ4n) is 3.50. The normalized spacial score (nSPS) is 20.1. The predicted octanol–water partition coefficient (Wildman–Crippen LogP) is 0.429. The van der Waals surface area contributed by atoms with Gasteiger partial charge in [0.05, 0.1) is 22.8 Å². The first-order valence-corrected chi connectivity index (χ1v) is 10.5. The lowest BCUT2D eigenvalue weighted by molar-refractivity contribution is 0.170. The van der Waals surface area contributed by atoms with Crippen LogP contribution < -0.4 is 19.7 Å². The van der Waals surface area contributed by atoms with Gasteiger partial charge in [-0.3, -0.25) is 9.58 Å². The van der Waals surface area contributed by atoms with Gasteiger partial charge in [-0.05, 0) is 12.1 Å². The minimum Gasteiger partial charge on any atom is -0.486 e. The van der Waals surface area contributed by atoms with Crippen molar-refractivity contribution in [1.29, 1.82) is 0 Å². The lowest BCUT2D eigenvalue weighted by atomic mass is 10.2. The van der Waals surface area contributed by atoms with Crippen LogP contribution in [0.4, 0.5) is 10.5 Å². The zero-order chi connectivity index (χ0) is 19.3. The van der Waals surface area contributed by atoms with Crippen LogP contribution >= 0.6 is 0 Å². The topological polar surface area (TPSA) is 106 Å². The van der Waals surface area contributed by atoms with E-state index in [-0.39, 0.29) is 17.0 Å². The maximum Gasteiger partial charge on any atom is 0.322 e. The average molecular weight is 405 g/mol. The number of nitrogens with one attached hydrogen (secondary N) is 1. The number of hydrogen-bond donors (Lipinski definition) is 1. The number of nitrogens with zero attached hydrogens (tertiary/aromatic N) is 4. The summed E-state index contributed by atoms with van der Waals surface area (Å²) in [6, 6.07) is 4.46. The third-order valence-electron chi connectivity index (χ3n) is 5.11. The van der Waals surface area contributed by atoms with Crippen LogP contribution in [0.1, 0.15) is 6.04 Å². The second-order valence-corrected chi connectivity index (χ2v) is 8.78. The van der Waals surface area contributed by atoms with Crippen LogP contribution in [0.15, 0.2) is 35.5 Å². The second kappa shape index (κ2) is 6.38. The van der Waals surface area contributed by atoms with Crippen molar-refractivity contribution in [3.05, 3.63) is 30.6 Å². The molecule has 0 atom stereocenters. The SMILES string of the molecule is O=C1NCCN1c1cnn(C2CN(S(=O)(=O)c3ccc4c(c3)OCCO4)C2)c1. The number of benzene rings is 1. The van der Waals surface area contributed by atoms with Crippen LogP contribution in [0.2, 0.25) is 0 Å². The minimum absolute atomic E-state index is 0.0635. The first-order valence-electron chi connectivity index (χ1n) is 9.02. The van der Waals surface area contributed by atoms with Gasteiger partial charge in [0.15, 0.2) is 11.5 Å². The molecule has 2 amide bonds. The van der Waals surface area contributed by atoms with Crippen LogP contribution in [0.5, 0.6) is 11.5 Å². The summed E-state index contributed by atoms with van der Waals surface area (Å²) in [5, 5.41) is 7.05.